The molecule has 0 saturated carbocycles. The molecule has 3 nitrogen and oxygen atoms in total. The molecule has 3 heteroatoms. The number of anilines is 1. The predicted octanol–water partition coefficient (Wildman–Crippen LogP) is 2.32. The highest BCUT2D eigenvalue weighted by Crippen LogP contribution is 2.22. The summed E-state index contributed by atoms with van der Waals surface area (Å²) in [6.07, 6.45) is 4.87. The van der Waals surface area contributed by atoms with Gasteiger partial charge in [0.1, 0.15) is 0 Å². The average molecular weight is 229 g/mol. The summed E-state index contributed by atoms with van der Waals surface area (Å²) in [4.78, 5) is 2.54. The SMILES string of the molecule is Nc1cccc2c1ccn2CCN1CCCC1. The number of aromatic nitrogens is 1. The first-order valence-electron chi connectivity index (χ1n) is 6.40. The summed E-state index contributed by atoms with van der Waals surface area (Å²) in [6.45, 7) is 4.74. The van der Waals surface area contributed by atoms with Crippen molar-refractivity contribution in [3.05, 3.63) is 30.5 Å². The molecule has 2 aromatic rings. The average Bonchev–Trinajstić information content (AvgIpc) is 2.95. The molecule has 0 spiro atoms. The molecule has 0 aliphatic carbocycles. The van der Waals surface area contributed by atoms with Gasteiger partial charge in [-0.3, -0.25) is 0 Å². The molecule has 1 fully saturated rings. The molecule has 0 atom stereocenters. The van der Waals surface area contributed by atoms with Crippen LogP contribution in [0.4, 0.5) is 5.69 Å². The Bertz CT molecular complexity index is 509. The quantitative estimate of drug-likeness (QED) is 0.820. The Kier molecular flexibility index (Phi) is 2.77. The van der Waals surface area contributed by atoms with E-state index in [9.17, 15) is 0 Å². The third kappa shape index (κ3) is 2.03. The lowest BCUT2D eigenvalue weighted by Crippen LogP contribution is -2.23. The van der Waals surface area contributed by atoms with Crippen LogP contribution in [0.25, 0.3) is 10.9 Å². The number of rotatable bonds is 3. The lowest BCUT2D eigenvalue weighted by Gasteiger charge is -2.15. The number of nitrogens with two attached hydrogens (primary N) is 1. The molecule has 90 valence electrons. The van der Waals surface area contributed by atoms with Crippen LogP contribution in [-0.2, 0) is 6.54 Å². The Labute approximate surface area is 102 Å². The molecule has 0 radical (unpaired) electrons. The molecule has 2 heterocycles. The highest BCUT2D eigenvalue weighted by atomic mass is 15.2. The van der Waals surface area contributed by atoms with E-state index in [-0.39, 0.29) is 0 Å². The molecule has 1 aromatic heterocycles. The first-order valence-corrected chi connectivity index (χ1v) is 6.40. The van der Waals surface area contributed by atoms with E-state index >= 15 is 0 Å². The van der Waals surface area contributed by atoms with Gasteiger partial charge in [0.05, 0.1) is 5.52 Å². The number of nitrogens with zero attached hydrogens (tertiary/aromatic N) is 2. The summed E-state index contributed by atoms with van der Waals surface area (Å²) in [5.41, 5.74) is 8.10. The van der Waals surface area contributed by atoms with Gasteiger partial charge in [0.25, 0.3) is 0 Å². The smallest absolute Gasteiger partial charge is 0.0501 e. The normalized spacial score (nSPS) is 16.9. The largest absolute Gasteiger partial charge is 0.398 e. The van der Waals surface area contributed by atoms with Crippen LogP contribution >= 0.6 is 0 Å². The van der Waals surface area contributed by atoms with Gasteiger partial charge in [-0.25, -0.2) is 0 Å². The maximum absolute atomic E-state index is 5.96. The number of nitrogen functional groups attached to an aromatic ring is 1. The summed E-state index contributed by atoms with van der Waals surface area (Å²) >= 11 is 0. The third-order valence-corrected chi connectivity index (χ3v) is 3.70. The molecule has 2 N–H and O–H groups in total. The molecular formula is C14H19N3. The fourth-order valence-electron chi connectivity index (χ4n) is 2.70. The van der Waals surface area contributed by atoms with Gasteiger partial charge in [0, 0.05) is 30.4 Å². The highest BCUT2D eigenvalue weighted by molar-refractivity contribution is 5.91. The van der Waals surface area contributed by atoms with Crippen LogP contribution in [0.15, 0.2) is 30.5 Å². The molecule has 0 unspecified atom stereocenters. The van der Waals surface area contributed by atoms with Crippen LogP contribution in [0, 0.1) is 0 Å². The number of likely N-dealkylation sites (tertiary alicyclic amines) is 1. The number of fused-ring (bicyclic) bond motifs is 1. The zero-order valence-corrected chi connectivity index (χ0v) is 10.1. The van der Waals surface area contributed by atoms with Gasteiger partial charge < -0.3 is 15.2 Å². The van der Waals surface area contributed by atoms with Gasteiger partial charge in [0.15, 0.2) is 0 Å². The van der Waals surface area contributed by atoms with Crippen molar-refractivity contribution in [2.24, 2.45) is 0 Å². The summed E-state index contributed by atoms with van der Waals surface area (Å²) in [7, 11) is 0. The predicted molar refractivity (Wildman–Crippen MR) is 72.0 cm³/mol. The molecule has 3 rings (SSSR count). The van der Waals surface area contributed by atoms with Crippen LogP contribution < -0.4 is 5.73 Å². The first kappa shape index (κ1) is 10.7. The van der Waals surface area contributed by atoms with Crippen molar-refractivity contribution in [3.63, 3.8) is 0 Å². The molecule has 0 amide bonds. The minimum Gasteiger partial charge on any atom is -0.398 e. The highest BCUT2D eigenvalue weighted by Gasteiger charge is 2.11. The van der Waals surface area contributed by atoms with E-state index in [0.29, 0.717) is 0 Å². The second-order valence-electron chi connectivity index (χ2n) is 4.84. The Morgan fingerprint density at radius 1 is 1.06 bits per heavy atom. The van der Waals surface area contributed by atoms with Crippen LogP contribution in [0.2, 0.25) is 0 Å². The van der Waals surface area contributed by atoms with Crippen molar-refractivity contribution in [1.29, 1.82) is 0 Å². The second-order valence-corrected chi connectivity index (χ2v) is 4.84. The van der Waals surface area contributed by atoms with E-state index < -0.39 is 0 Å². The zero-order valence-electron chi connectivity index (χ0n) is 10.1. The molecule has 17 heavy (non-hydrogen) atoms. The lowest BCUT2D eigenvalue weighted by molar-refractivity contribution is 0.324. The van der Waals surface area contributed by atoms with Gasteiger partial charge in [-0.15, -0.1) is 0 Å². The van der Waals surface area contributed by atoms with Crippen molar-refractivity contribution in [2.75, 3.05) is 25.4 Å². The van der Waals surface area contributed by atoms with Gasteiger partial charge >= 0.3 is 0 Å². The van der Waals surface area contributed by atoms with Crippen LogP contribution in [-0.4, -0.2) is 29.1 Å². The maximum atomic E-state index is 5.96. The van der Waals surface area contributed by atoms with Crippen molar-refractivity contribution in [1.82, 2.24) is 9.47 Å². The lowest BCUT2D eigenvalue weighted by atomic mass is 10.2. The number of benzene rings is 1. The third-order valence-electron chi connectivity index (χ3n) is 3.70. The minimum absolute atomic E-state index is 0.877. The second kappa shape index (κ2) is 4.41. The summed E-state index contributed by atoms with van der Waals surface area (Å²) in [5, 5.41) is 1.17. The van der Waals surface area contributed by atoms with Crippen molar-refractivity contribution >= 4 is 16.6 Å². The summed E-state index contributed by atoms with van der Waals surface area (Å²) < 4.78 is 2.31. The number of hydrogen-bond acceptors (Lipinski definition) is 2. The molecule has 1 aliphatic rings. The fourth-order valence-corrected chi connectivity index (χ4v) is 2.70. The van der Waals surface area contributed by atoms with E-state index in [2.05, 4.69) is 27.8 Å². The van der Waals surface area contributed by atoms with Crippen molar-refractivity contribution < 1.29 is 0 Å². The van der Waals surface area contributed by atoms with Crippen LogP contribution in [0.1, 0.15) is 12.8 Å². The Hall–Kier alpha value is -1.48. The Morgan fingerprint density at radius 2 is 1.88 bits per heavy atom. The van der Waals surface area contributed by atoms with Gasteiger partial charge in [-0.2, -0.15) is 0 Å². The number of hydrogen-bond donors (Lipinski definition) is 1. The topological polar surface area (TPSA) is 34.2 Å². The Morgan fingerprint density at radius 3 is 2.71 bits per heavy atom. The van der Waals surface area contributed by atoms with Crippen LogP contribution in [0.3, 0.4) is 0 Å². The molecule has 1 aliphatic heterocycles. The zero-order chi connectivity index (χ0) is 11.7. The van der Waals surface area contributed by atoms with E-state index in [1.54, 1.807) is 0 Å². The van der Waals surface area contributed by atoms with Crippen LogP contribution in [0.5, 0.6) is 0 Å². The van der Waals surface area contributed by atoms with E-state index in [1.165, 1.54) is 36.8 Å². The van der Waals surface area contributed by atoms with E-state index in [0.717, 1.165) is 18.8 Å². The standard InChI is InChI=1S/C14H19N3/c15-13-4-3-5-14-12(13)6-9-17(14)11-10-16-7-1-2-8-16/h3-6,9H,1-2,7-8,10-11,15H2. The maximum Gasteiger partial charge on any atom is 0.0501 e. The molecule has 1 aromatic carbocycles. The molecule has 0 bridgehead atoms. The molecular weight excluding hydrogens is 210 g/mol. The fraction of sp³-hybridized carbons (Fsp3) is 0.429. The molecule has 1 saturated heterocycles. The Balaban J connectivity index is 1.78. The van der Waals surface area contributed by atoms with Gasteiger partial charge in [0.2, 0.25) is 0 Å². The van der Waals surface area contributed by atoms with Gasteiger partial charge in [-0.05, 0) is 44.1 Å². The van der Waals surface area contributed by atoms with Gasteiger partial charge in [-0.1, -0.05) is 6.07 Å². The summed E-state index contributed by atoms with van der Waals surface area (Å²) in [6, 6.07) is 8.27. The van der Waals surface area contributed by atoms with Crippen molar-refractivity contribution in [3.8, 4) is 0 Å². The minimum atomic E-state index is 0.877. The van der Waals surface area contributed by atoms with E-state index in [1.807, 2.05) is 12.1 Å². The summed E-state index contributed by atoms with van der Waals surface area (Å²) in [5.74, 6) is 0. The monoisotopic (exact) mass is 229 g/mol. The van der Waals surface area contributed by atoms with E-state index in [4.69, 9.17) is 5.73 Å². The first-order chi connectivity index (χ1) is 8.34. The van der Waals surface area contributed by atoms with Crippen molar-refractivity contribution in [2.45, 2.75) is 19.4 Å².